The molecular weight excluding hydrogens is 419 g/mol. The number of aliphatic carboxylic acids is 1. The van der Waals surface area contributed by atoms with Crippen LogP contribution in [0.4, 0.5) is 4.79 Å². The van der Waals surface area contributed by atoms with Crippen LogP contribution >= 0.6 is 11.8 Å². The third kappa shape index (κ3) is 4.42. The van der Waals surface area contributed by atoms with Crippen LogP contribution in [-0.4, -0.2) is 63.5 Å². The summed E-state index contributed by atoms with van der Waals surface area (Å²) in [6.07, 6.45) is 0.180. The van der Waals surface area contributed by atoms with Crippen molar-refractivity contribution in [2.75, 3.05) is 12.4 Å². The number of thioether (sulfide) groups is 1. The number of fused-ring (bicyclic) bond motifs is 1. The van der Waals surface area contributed by atoms with Crippen molar-refractivity contribution in [2.24, 2.45) is 10.9 Å². The van der Waals surface area contributed by atoms with Gasteiger partial charge >= 0.3 is 35.7 Å². The molecule has 29 heavy (non-hydrogen) atoms. The summed E-state index contributed by atoms with van der Waals surface area (Å²) in [7, 11) is 0. The Kier molecular flexibility index (Phi) is 7.35. The minimum Gasteiger partial charge on any atom is -0.543 e. The predicted octanol–water partition coefficient (Wildman–Crippen LogP) is -5.04. The first-order valence-electron chi connectivity index (χ1n) is 7.72. The van der Waals surface area contributed by atoms with Gasteiger partial charge in [0.25, 0.3) is 11.8 Å². The largest absolute Gasteiger partial charge is 1.00 e. The number of ether oxygens (including phenoxy) is 1. The summed E-state index contributed by atoms with van der Waals surface area (Å²) in [5.41, 5.74) is 4.15. The van der Waals surface area contributed by atoms with E-state index in [0.29, 0.717) is 0 Å². The number of hydrogen-bond acceptors (Lipinski definition) is 10. The Labute approximate surface area is 189 Å². The van der Waals surface area contributed by atoms with Crippen LogP contribution in [0.5, 0.6) is 0 Å². The molecule has 4 N–H and O–H groups in total. The first-order chi connectivity index (χ1) is 13.3. The molecule has 3 rings (SSSR count). The summed E-state index contributed by atoms with van der Waals surface area (Å²) < 4.78 is 9.58. The first-order valence-corrected chi connectivity index (χ1v) is 8.77. The fourth-order valence-corrected chi connectivity index (χ4v) is 4.10. The Hall–Kier alpha value is -2.48. The van der Waals surface area contributed by atoms with Crippen molar-refractivity contribution < 1.29 is 68.2 Å². The zero-order valence-electron chi connectivity index (χ0n) is 15.0. The normalized spacial score (nSPS) is 20.9. The van der Waals surface area contributed by atoms with Crippen LogP contribution in [0.1, 0.15) is 5.76 Å². The van der Waals surface area contributed by atoms with Crippen LogP contribution in [0.3, 0.4) is 0 Å². The molecule has 12 nitrogen and oxygen atoms in total. The number of amides is 3. The number of carbonyl (C=O) groups excluding carboxylic acids is 4. The number of carboxylic acids is 1. The second-order valence-electron chi connectivity index (χ2n) is 5.63. The molecule has 1 aromatic heterocycles. The summed E-state index contributed by atoms with van der Waals surface area (Å²) in [6, 6.07) is 1.81. The van der Waals surface area contributed by atoms with E-state index in [0.717, 1.165) is 16.7 Å². The third-order valence-electron chi connectivity index (χ3n) is 3.99. The Bertz CT molecular complexity index is 900. The van der Waals surface area contributed by atoms with Gasteiger partial charge < -0.3 is 35.3 Å². The van der Waals surface area contributed by atoms with E-state index in [1.54, 1.807) is 0 Å². The number of oxime groups is 1. The van der Waals surface area contributed by atoms with E-state index in [1.165, 1.54) is 18.4 Å². The van der Waals surface area contributed by atoms with E-state index < -0.39 is 53.3 Å². The van der Waals surface area contributed by atoms with Crippen molar-refractivity contribution in [1.82, 2.24) is 10.2 Å². The van der Waals surface area contributed by atoms with Crippen LogP contribution in [-0.2, 0) is 19.1 Å². The molecule has 3 heterocycles. The summed E-state index contributed by atoms with van der Waals surface area (Å²) >= 11 is 1.15. The number of β-lactam (4-membered cyclic amide) rings is 1. The second-order valence-corrected chi connectivity index (χ2v) is 6.74. The van der Waals surface area contributed by atoms with Gasteiger partial charge in [-0.3, -0.25) is 14.5 Å². The number of carboxylic acid groups (broad SMARTS) is 1. The minimum atomic E-state index is -1.63. The zero-order valence-corrected chi connectivity index (χ0v) is 17.8. The Morgan fingerprint density at radius 1 is 1.48 bits per heavy atom. The molecule has 0 spiro atoms. The number of nitrogens with one attached hydrogen (secondary N) is 1. The summed E-state index contributed by atoms with van der Waals surface area (Å²) in [5.74, 6) is -3.12. The molecule has 0 saturated carbocycles. The molecule has 148 valence electrons. The molecule has 2 aliphatic rings. The number of nitrogens with two attached hydrogens (primary N) is 1. The SMILES string of the molecule is NC(=O)OCC1=C(C(=O)[O-])N2C(=O)[C@@H](NC(=O)/C(=N\O)c3ccco3)[C@H]2SC1.[Na+]. The quantitative estimate of drug-likeness (QED) is 0.130. The van der Waals surface area contributed by atoms with Crippen molar-refractivity contribution in [2.45, 2.75) is 11.4 Å². The molecule has 0 aromatic carbocycles. The van der Waals surface area contributed by atoms with Crippen molar-refractivity contribution in [1.29, 1.82) is 0 Å². The Balaban J connectivity index is 0.00000300. The van der Waals surface area contributed by atoms with Gasteiger partial charge in [0.2, 0.25) is 5.71 Å². The van der Waals surface area contributed by atoms with Gasteiger partial charge in [-0.15, -0.1) is 11.8 Å². The van der Waals surface area contributed by atoms with Gasteiger partial charge in [-0.05, 0) is 12.1 Å². The molecule has 2 aliphatic heterocycles. The molecule has 3 amide bonds. The average molecular weight is 432 g/mol. The van der Waals surface area contributed by atoms with E-state index >= 15 is 0 Å². The third-order valence-corrected chi connectivity index (χ3v) is 5.33. The molecule has 1 aromatic rings. The maximum absolute atomic E-state index is 12.4. The predicted molar refractivity (Wildman–Crippen MR) is 89.6 cm³/mol. The molecule has 0 aliphatic carbocycles. The fourth-order valence-electron chi connectivity index (χ4n) is 2.77. The number of primary amides is 1. The summed E-state index contributed by atoms with van der Waals surface area (Å²) in [4.78, 5) is 47.9. The number of carbonyl (C=O) groups is 4. The zero-order chi connectivity index (χ0) is 20.4. The van der Waals surface area contributed by atoms with Gasteiger partial charge in [-0.1, -0.05) is 5.16 Å². The summed E-state index contributed by atoms with van der Waals surface area (Å²) in [5, 5.41) is 25.1. The topological polar surface area (TPSA) is 188 Å². The molecule has 1 fully saturated rings. The van der Waals surface area contributed by atoms with E-state index in [-0.39, 0.29) is 46.6 Å². The molecular formula is C15H13N4NaO8S. The van der Waals surface area contributed by atoms with E-state index in [4.69, 9.17) is 15.4 Å². The van der Waals surface area contributed by atoms with Crippen LogP contribution in [0.15, 0.2) is 39.2 Å². The van der Waals surface area contributed by atoms with Crippen LogP contribution in [0.2, 0.25) is 0 Å². The van der Waals surface area contributed by atoms with Crippen LogP contribution in [0.25, 0.3) is 0 Å². The molecule has 0 radical (unpaired) electrons. The van der Waals surface area contributed by atoms with Gasteiger partial charge in [0.05, 0.1) is 17.9 Å². The van der Waals surface area contributed by atoms with Crippen LogP contribution in [0, 0.1) is 0 Å². The Morgan fingerprint density at radius 3 is 2.76 bits per heavy atom. The van der Waals surface area contributed by atoms with Crippen LogP contribution < -0.4 is 45.7 Å². The van der Waals surface area contributed by atoms with Gasteiger partial charge in [0.15, 0.2) is 5.76 Å². The van der Waals surface area contributed by atoms with Crippen molar-refractivity contribution in [3.05, 3.63) is 35.4 Å². The van der Waals surface area contributed by atoms with Gasteiger partial charge in [0.1, 0.15) is 18.0 Å². The summed E-state index contributed by atoms with van der Waals surface area (Å²) in [6.45, 7) is -0.404. The van der Waals surface area contributed by atoms with Gasteiger partial charge in [-0.25, -0.2) is 4.79 Å². The van der Waals surface area contributed by atoms with Gasteiger partial charge in [-0.2, -0.15) is 0 Å². The maximum atomic E-state index is 12.4. The fraction of sp³-hybridized carbons (Fsp3) is 0.267. The molecule has 0 bridgehead atoms. The molecule has 0 unspecified atom stereocenters. The van der Waals surface area contributed by atoms with E-state index in [9.17, 15) is 24.3 Å². The second kappa shape index (κ2) is 9.35. The molecule has 2 atom stereocenters. The maximum Gasteiger partial charge on any atom is 1.00 e. The number of hydrogen-bond donors (Lipinski definition) is 3. The molecule has 1 saturated heterocycles. The standard InChI is InChI=1S/C15H14N4O8S.Na/c16-15(24)27-4-6-5-28-13-9(12(21)19(13)10(6)14(22)23)17-11(20)8(18-25)7-2-1-3-26-7;/h1-3,9,13,25H,4-5H2,(H2,16,24)(H,17,20)(H,22,23);/q;+1/p-1/b18-8-;/t9-,13-;/m1./s1. The number of nitrogens with zero attached hydrogens (tertiary/aromatic N) is 2. The van der Waals surface area contributed by atoms with E-state index in [1.807, 2.05) is 0 Å². The average Bonchev–Trinajstić information content (AvgIpc) is 3.18. The van der Waals surface area contributed by atoms with Crippen molar-refractivity contribution >= 4 is 41.4 Å². The van der Waals surface area contributed by atoms with E-state index in [2.05, 4.69) is 15.2 Å². The van der Waals surface area contributed by atoms with Gasteiger partial charge in [0, 0.05) is 11.3 Å². The first kappa shape index (κ1) is 22.8. The van der Waals surface area contributed by atoms with Crippen molar-refractivity contribution in [3.8, 4) is 0 Å². The minimum absolute atomic E-state index is 0. The number of rotatable bonds is 6. The monoisotopic (exact) mass is 432 g/mol. The van der Waals surface area contributed by atoms with Crippen molar-refractivity contribution in [3.63, 3.8) is 0 Å². The smallest absolute Gasteiger partial charge is 0.543 e. The molecule has 14 heteroatoms. The number of furan rings is 1. The Morgan fingerprint density at radius 2 is 2.21 bits per heavy atom.